The number of methoxy groups -OCH3 is 1. The average molecular weight is 274 g/mol. The van der Waals surface area contributed by atoms with Gasteiger partial charge in [-0.05, 0) is 42.0 Å². The number of hydrogen-bond acceptors (Lipinski definition) is 3. The van der Waals surface area contributed by atoms with Crippen molar-refractivity contribution in [2.45, 2.75) is 6.54 Å². The molecular formula is C16H19FN2O. The molecule has 2 N–H and O–H groups in total. The summed E-state index contributed by atoms with van der Waals surface area (Å²) >= 11 is 0. The van der Waals surface area contributed by atoms with Crippen LogP contribution in [0.25, 0.3) is 0 Å². The molecule has 0 atom stereocenters. The van der Waals surface area contributed by atoms with Gasteiger partial charge in [0.15, 0.2) is 0 Å². The SMILES string of the molecule is COc1ccc(CNCCNc2ccc(F)cc2)cc1. The summed E-state index contributed by atoms with van der Waals surface area (Å²) in [6.45, 7) is 2.44. The normalized spacial score (nSPS) is 10.3. The molecule has 0 bridgehead atoms. The van der Waals surface area contributed by atoms with Crippen molar-refractivity contribution < 1.29 is 9.13 Å². The molecule has 2 rings (SSSR count). The van der Waals surface area contributed by atoms with Gasteiger partial charge in [0.2, 0.25) is 0 Å². The second kappa shape index (κ2) is 7.50. The van der Waals surface area contributed by atoms with E-state index in [1.165, 1.54) is 17.7 Å². The third-order valence-corrected chi connectivity index (χ3v) is 2.96. The molecular weight excluding hydrogens is 255 g/mol. The predicted octanol–water partition coefficient (Wildman–Crippen LogP) is 3.04. The smallest absolute Gasteiger partial charge is 0.123 e. The number of hydrogen-bond donors (Lipinski definition) is 2. The number of ether oxygens (including phenoxy) is 1. The van der Waals surface area contributed by atoms with Crippen molar-refractivity contribution >= 4 is 5.69 Å². The van der Waals surface area contributed by atoms with Gasteiger partial charge in [0.05, 0.1) is 7.11 Å². The third kappa shape index (κ3) is 4.55. The molecule has 0 heterocycles. The van der Waals surface area contributed by atoms with Gasteiger partial charge in [0.1, 0.15) is 11.6 Å². The molecule has 0 aliphatic carbocycles. The highest BCUT2D eigenvalue weighted by molar-refractivity contribution is 5.42. The maximum Gasteiger partial charge on any atom is 0.123 e. The lowest BCUT2D eigenvalue weighted by atomic mass is 10.2. The minimum atomic E-state index is -0.215. The first-order valence-electron chi connectivity index (χ1n) is 6.61. The molecule has 0 aliphatic rings. The summed E-state index contributed by atoms with van der Waals surface area (Å²) in [6.07, 6.45) is 0. The van der Waals surface area contributed by atoms with Crippen LogP contribution in [0.15, 0.2) is 48.5 Å². The van der Waals surface area contributed by atoms with Crippen LogP contribution in [-0.2, 0) is 6.54 Å². The van der Waals surface area contributed by atoms with Gasteiger partial charge in [0.25, 0.3) is 0 Å². The maximum absolute atomic E-state index is 12.7. The molecule has 0 aliphatic heterocycles. The quantitative estimate of drug-likeness (QED) is 0.761. The fourth-order valence-electron chi connectivity index (χ4n) is 1.84. The van der Waals surface area contributed by atoms with Gasteiger partial charge in [0, 0.05) is 25.3 Å². The molecule has 2 aromatic carbocycles. The maximum atomic E-state index is 12.7. The van der Waals surface area contributed by atoms with Crippen LogP contribution in [0.3, 0.4) is 0 Å². The molecule has 0 spiro atoms. The van der Waals surface area contributed by atoms with Crippen LogP contribution < -0.4 is 15.4 Å². The van der Waals surface area contributed by atoms with Gasteiger partial charge in [-0.3, -0.25) is 0 Å². The standard InChI is InChI=1S/C16H19FN2O/c1-20-16-8-2-13(3-9-16)12-18-10-11-19-15-6-4-14(17)5-7-15/h2-9,18-19H,10-12H2,1H3. The van der Waals surface area contributed by atoms with Gasteiger partial charge in [-0.15, -0.1) is 0 Å². The zero-order valence-electron chi connectivity index (χ0n) is 11.5. The van der Waals surface area contributed by atoms with E-state index in [-0.39, 0.29) is 5.82 Å². The number of anilines is 1. The van der Waals surface area contributed by atoms with E-state index >= 15 is 0 Å². The molecule has 2 aromatic rings. The van der Waals surface area contributed by atoms with Crippen LogP contribution in [0.5, 0.6) is 5.75 Å². The van der Waals surface area contributed by atoms with E-state index < -0.39 is 0 Å². The Morgan fingerprint density at radius 2 is 1.65 bits per heavy atom. The van der Waals surface area contributed by atoms with E-state index in [0.717, 1.165) is 31.1 Å². The molecule has 0 unspecified atom stereocenters. The van der Waals surface area contributed by atoms with E-state index in [4.69, 9.17) is 4.74 Å². The minimum Gasteiger partial charge on any atom is -0.497 e. The first-order valence-corrected chi connectivity index (χ1v) is 6.61. The monoisotopic (exact) mass is 274 g/mol. The Balaban J connectivity index is 1.64. The fraction of sp³-hybridized carbons (Fsp3) is 0.250. The molecule has 3 nitrogen and oxygen atoms in total. The molecule has 4 heteroatoms. The summed E-state index contributed by atoms with van der Waals surface area (Å²) < 4.78 is 17.8. The van der Waals surface area contributed by atoms with Crippen molar-refractivity contribution in [3.05, 3.63) is 59.9 Å². The van der Waals surface area contributed by atoms with E-state index in [0.29, 0.717) is 0 Å². The Bertz CT molecular complexity index is 511. The van der Waals surface area contributed by atoms with Crippen molar-refractivity contribution in [3.8, 4) is 5.75 Å². The molecule has 0 radical (unpaired) electrons. The van der Waals surface area contributed by atoms with Crippen molar-refractivity contribution in [1.82, 2.24) is 5.32 Å². The van der Waals surface area contributed by atoms with E-state index in [1.807, 2.05) is 24.3 Å². The first kappa shape index (κ1) is 14.3. The molecule has 106 valence electrons. The third-order valence-electron chi connectivity index (χ3n) is 2.96. The van der Waals surface area contributed by atoms with Crippen molar-refractivity contribution in [1.29, 1.82) is 0 Å². The van der Waals surface area contributed by atoms with Crippen molar-refractivity contribution in [2.75, 3.05) is 25.5 Å². The van der Waals surface area contributed by atoms with Crippen molar-refractivity contribution in [2.24, 2.45) is 0 Å². The van der Waals surface area contributed by atoms with Crippen LogP contribution in [0.1, 0.15) is 5.56 Å². The number of rotatable bonds is 7. The summed E-state index contributed by atoms with van der Waals surface area (Å²) in [5.41, 5.74) is 2.14. The Hall–Kier alpha value is -2.07. The number of nitrogens with one attached hydrogen (secondary N) is 2. The van der Waals surface area contributed by atoms with Crippen LogP contribution in [0, 0.1) is 5.82 Å². The highest BCUT2D eigenvalue weighted by atomic mass is 19.1. The lowest BCUT2D eigenvalue weighted by Crippen LogP contribution is -2.21. The Morgan fingerprint density at radius 3 is 2.30 bits per heavy atom. The summed E-state index contributed by atoms with van der Waals surface area (Å²) in [7, 11) is 1.66. The van der Waals surface area contributed by atoms with E-state index in [2.05, 4.69) is 10.6 Å². The minimum absolute atomic E-state index is 0.215. The summed E-state index contributed by atoms with van der Waals surface area (Å²) in [4.78, 5) is 0. The lowest BCUT2D eigenvalue weighted by molar-refractivity contribution is 0.414. The van der Waals surface area contributed by atoms with Gasteiger partial charge in [-0.2, -0.15) is 0 Å². The fourth-order valence-corrected chi connectivity index (χ4v) is 1.84. The Labute approximate surface area is 118 Å². The van der Waals surface area contributed by atoms with Crippen LogP contribution in [0.2, 0.25) is 0 Å². The van der Waals surface area contributed by atoms with Gasteiger partial charge < -0.3 is 15.4 Å². The zero-order valence-corrected chi connectivity index (χ0v) is 11.5. The van der Waals surface area contributed by atoms with Gasteiger partial charge >= 0.3 is 0 Å². The van der Waals surface area contributed by atoms with Gasteiger partial charge in [-0.25, -0.2) is 4.39 Å². The van der Waals surface area contributed by atoms with Gasteiger partial charge in [-0.1, -0.05) is 12.1 Å². The first-order chi connectivity index (χ1) is 9.78. The second-order valence-electron chi connectivity index (χ2n) is 4.46. The number of benzene rings is 2. The van der Waals surface area contributed by atoms with E-state index in [1.54, 1.807) is 19.2 Å². The molecule has 20 heavy (non-hydrogen) atoms. The molecule has 0 amide bonds. The van der Waals surface area contributed by atoms with Crippen molar-refractivity contribution in [3.63, 3.8) is 0 Å². The molecule has 0 fully saturated rings. The Kier molecular flexibility index (Phi) is 5.38. The highest BCUT2D eigenvalue weighted by Crippen LogP contribution is 2.11. The summed E-state index contributed by atoms with van der Waals surface area (Å²) in [5.74, 6) is 0.653. The topological polar surface area (TPSA) is 33.3 Å². The number of halogens is 1. The van der Waals surface area contributed by atoms with E-state index in [9.17, 15) is 4.39 Å². The summed E-state index contributed by atoms with van der Waals surface area (Å²) in [5, 5.41) is 6.57. The average Bonchev–Trinajstić information content (AvgIpc) is 2.49. The molecule has 0 aromatic heterocycles. The predicted molar refractivity (Wildman–Crippen MR) is 79.6 cm³/mol. The second-order valence-corrected chi connectivity index (χ2v) is 4.46. The zero-order chi connectivity index (χ0) is 14.2. The van der Waals surface area contributed by atoms with Crippen LogP contribution in [-0.4, -0.2) is 20.2 Å². The summed E-state index contributed by atoms with van der Waals surface area (Å²) in [6, 6.07) is 14.4. The highest BCUT2D eigenvalue weighted by Gasteiger charge is 1.95. The Morgan fingerprint density at radius 1 is 0.950 bits per heavy atom. The van der Waals surface area contributed by atoms with Crippen LogP contribution >= 0.6 is 0 Å². The largest absolute Gasteiger partial charge is 0.497 e. The molecule has 0 saturated heterocycles. The van der Waals surface area contributed by atoms with Crippen LogP contribution in [0.4, 0.5) is 10.1 Å². The molecule has 0 saturated carbocycles. The lowest BCUT2D eigenvalue weighted by Gasteiger charge is -2.08.